The topological polar surface area (TPSA) is 84.0 Å². The van der Waals surface area contributed by atoms with Gasteiger partial charge >= 0.3 is 0 Å². The highest BCUT2D eigenvalue weighted by molar-refractivity contribution is 6.28. The van der Waals surface area contributed by atoms with Crippen molar-refractivity contribution < 1.29 is 9.59 Å². The normalized spacial score (nSPS) is 10.3. The van der Waals surface area contributed by atoms with Crippen LogP contribution in [0.25, 0.3) is 6.08 Å². The highest BCUT2D eigenvalue weighted by Gasteiger charge is 2.19. The first kappa shape index (κ1) is 19.9. The van der Waals surface area contributed by atoms with Crippen LogP contribution >= 0.6 is 0 Å². The number of hydrogen-bond donors (Lipinski definition) is 2. The van der Waals surface area contributed by atoms with Crippen LogP contribution in [0.3, 0.4) is 0 Å². The van der Waals surface area contributed by atoms with Crippen molar-refractivity contribution in [3.63, 3.8) is 0 Å². The molecule has 0 fully saturated rings. The van der Waals surface area contributed by atoms with E-state index in [2.05, 4.69) is 34.4 Å². The van der Waals surface area contributed by atoms with E-state index in [0.717, 1.165) is 5.56 Å². The average molecular weight is 386 g/mol. The van der Waals surface area contributed by atoms with E-state index in [9.17, 15) is 9.59 Å². The van der Waals surface area contributed by atoms with Crippen molar-refractivity contribution >= 4 is 29.5 Å². The lowest BCUT2D eigenvalue weighted by Gasteiger charge is -2.10. The van der Waals surface area contributed by atoms with Gasteiger partial charge in [0, 0.05) is 12.4 Å². The number of aromatic nitrogens is 2. The van der Waals surface area contributed by atoms with Crippen LogP contribution in [0.15, 0.2) is 78.6 Å². The standard InChI is InChI=1S/C23H22N4O2/c1-16(2)18-11-9-17(10-12-18)15-19(22(28)26-20-7-3-5-13-24-20)23(29)27-21-8-4-6-14-25-21/h3-16H,1-2H3,(H,24,26,28)(H,25,27,29). The van der Waals surface area contributed by atoms with Gasteiger partial charge in [-0.1, -0.05) is 50.2 Å². The summed E-state index contributed by atoms with van der Waals surface area (Å²) >= 11 is 0. The Labute approximate surface area is 169 Å². The first-order valence-electron chi connectivity index (χ1n) is 9.29. The number of benzene rings is 1. The van der Waals surface area contributed by atoms with Crippen molar-refractivity contribution in [1.82, 2.24) is 9.97 Å². The number of hydrogen-bond acceptors (Lipinski definition) is 4. The Morgan fingerprint density at radius 3 is 1.72 bits per heavy atom. The summed E-state index contributed by atoms with van der Waals surface area (Å²) < 4.78 is 0. The number of nitrogens with one attached hydrogen (secondary N) is 2. The molecule has 0 aliphatic rings. The largest absolute Gasteiger partial charge is 0.306 e. The van der Waals surface area contributed by atoms with Crippen molar-refractivity contribution in [2.45, 2.75) is 19.8 Å². The number of anilines is 2. The van der Waals surface area contributed by atoms with Crippen molar-refractivity contribution in [2.24, 2.45) is 0 Å². The van der Waals surface area contributed by atoms with Crippen LogP contribution in [0, 0.1) is 0 Å². The molecule has 6 nitrogen and oxygen atoms in total. The van der Waals surface area contributed by atoms with E-state index in [0.29, 0.717) is 17.6 Å². The Balaban J connectivity index is 1.89. The maximum absolute atomic E-state index is 12.8. The lowest BCUT2D eigenvalue weighted by molar-refractivity contribution is -0.118. The lowest BCUT2D eigenvalue weighted by atomic mass is 10.0. The van der Waals surface area contributed by atoms with E-state index >= 15 is 0 Å². The fraction of sp³-hybridized carbons (Fsp3) is 0.130. The molecule has 2 aromatic heterocycles. The maximum Gasteiger partial charge on any atom is 0.262 e. The summed E-state index contributed by atoms with van der Waals surface area (Å²) in [4.78, 5) is 33.8. The number of carbonyl (C=O) groups excluding carboxylic acids is 2. The summed E-state index contributed by atoms with van der Waals surface area (Å²) in [6.07, 6.45) is 4.69. The van der Waals surface area contributed by atoms with Crippen LogP contribution in [0.1, 0.15) is 30.9 Å². The molecule has 0 spiro atoms. The summed E-state index contributed by atoms with van der Waals surface area (Å²) in [5.41, 5.74) is 1.88. The molecule has 3 rings (SSSR count). The number of carbonyl (C=O) groups is 2. The number of rotatable bonds is 6. The molecular formula is C23H22N4O2. The molecule has 2 N–H and O–H groups in total. The first-order valence-corrected chi connectivity index (χ1v) is 9.29. The molecular weight excluding hydrogens is 364 g/mol. The second-order valence-electron chi connectivity index (χ2n) is 6.72. The van der Waals surface area contributed by atoms with Crippen molar-refractivity contribution in [1.29, 1.82) is 0 Å². The SMILES string of the molecule is CC(C)c1ccc(C=C(C(=O)Nc2ccccn2)C(=O)Nc2ccccn2)cc1. The molecule has 0 atom stereocenters. The van der Waals surface area contributed by atoms with Gasteiger partial charge in [-0.15, -0.1) is 0 Å². The molecule has 6 heteroatoms. The zero-order valence-corrected chi connectivity index (χ0v) is 16.3. The van der Waals surface area contributed by atoms with Gasteiger partial charge in [0.05, 0.1) is 0 Å². The highest BCUT2D eigenvalue weighted by atomic mass is 16.2. The van der Waals surface area contributed by atoms with E-state index in [-0.39, 0.29) is 5.57 Å². The summed E-state index contributed by atoms with van der Waals surface area (Å²) in [6.45, 7) is 4.22. The van der Waals surface area contributed by atoms with Gasteiger partial charge in [0.1, 0.15) is 17.2 Å². The Morgan fingerprint density at radius 1 is 0.793 bits per heavy atom. The van der Waals surface area contributed by atoms with Crippen LogP contribution in [0.2, 0.25) is 0 Å². The summed E-state index contributed by atoms with van der Waals surface area (Å²) in [5, 5.41) is 5.32. The Morgan fingerprint density at radius 2 is 1.31 bits per heavy atom. The average Bonchev–Trinajstić information content (AvgIpc) is 2.73. The molecule has 0 bridgehead atoms. The fourth-order valence-corrected chi connectivity index (χ4v) is 2.62. The zero-order valence-electron chi connectivity index (χ0n) is 16.3. The van der Waals surface area contributed by atoms with Gasteiger partial charge in [-0.3, -0.25) is 9.59 Å². The minimum Gasteiger partial charge on any atom is -0.306 e. The van der Waals surface area contributed by atoms with E-state index in [4.69, 9.17) is 0 Å². The van der Waals surface area contributed by atoms with Gasteiger partial charge < -0.3 is 10.6 Å². The number of nitrogens with zero attached hydrogens (tertiary/aromatic N) is 2. The molecule has 2 amide bonds. The molecule has 0 saturated carbocycles. The summed E-state index contributed by atoms with van der Waals surface area (Å²) in [6, 6.07) is 18.1. The van der Waals surface area contributed by atoms with Gasteiger partial charge in [-0.2, -0.15) is 0 Å². The molecule has 3 aromatic rings. The smallest absolute Gasteiger partial charge is 0.262 e. The van der Waals surface area contributed by atoms with E-state index in [1.54, 1.807) is 54.9 Å². The Bertz CT molecular complexity index is 943. The molecule has 0 radical (unpaired) electrons. The molecule has 2 heterocycles. The number of pyridine rings is 2. The second kappa shape index (κ2) is 9.41. The predicted molar refractivity (Wildman–Crippen MR) is 114 cm³/mol. The molecule has 29 heavy (non-hydrogen) atoms. The Kier molecular flexibility index (Phi) is 6.47. The van der Waals surface area contributed by atoms with Gasteiger partial charge in [0.25, 0.3) is 11.8 Å². The quantitative estimate of drug-likeness (QED) is 0.377. The van der Waals surface area contributed by atoms with Crippen molar-refractivity contribution in [3.8, 4) is 0 Å². The lowest BCUT2D eigenvalue weighted by Crippen LogP contribution is -2.26. The molecule has 0 saturated heterocycles. The third-order valence-corrected chi connectivity index (χ3v) is 4.22. The van der Waals surface area contributed by atoms with E-state index in [1.807, 2.05) is 24.3 Å². The fourth-order valence-electron chi connectivity index (χ4n) is 2.62. The van der Waals surface area contributed by atoms with Gasteiger partial charge in [0.15, 0.2) is 0 Å². The number of amides is 2. The highest BCUT2D eigenvalue weighted by Crippen LogP contribution is 2.17. The van der Waals surface area contributed by atoms with Crippen LogP contribution in [-0.2, 0) is 9.59 Å². The minimum absolute atomic E-state index is 0.0430. The second-order valence-corrected chi connectivity index (χ2v) is 6.72. The van der Waals surface area contributed by atoms with Gasteiger partial charge in [0.2, 0.25) is 0 Å². The van der Waals surface area contributed by atoms with Crippen LogP contribution in [0.4, 0.5) is 11.6 Å². The van der Waals surface area contributed by atoms with Crippen LogP contribution in [0.5, 0.6) is 0 Å². The molecule has 146 valence electrons. The van der Waals surface area contributed by atoms with Crippen molar-refractivity contribution in [3.05, 3.63) is 89.8 Å². The predicted octanol–water partition coefficient (Wildman–Crippen LogP) is 4.26. The molecule has 0 aliphatic carbocycles. The van der Waals surface area contributed by atoms with Crippen molar-refractivity contribution in [2.75, 3.05) is 10.6 Å². The molecule has 0 unspecified atom stereocenters. The molecule has 1 aromatic carbocycles. The van der Waals surface area contributed by atoms with Crippen LogP contribution < -0.4 is 10.6 Å². The van der Waals surface area contributed by atoms with Gasteiger partial charge in [-0.25, -0.2) is 9.97 Å². The summed E-state index contributed by atoms with van der Waals surface area (Å²) in [5.74, 6) is 0.0240. The van der Waals surface area contributed by atoms with E-state index < -0.39 is 11.8 Å². The first-order chi connectivity index (χ1) is 14.0. The molecule has 0 aliphatic heterocycles. The van der Waals surface area contributed by atoms with Gasteiger partial charge in [-0.05, 0) is 47.4 Å². The zero-order chi connectivity index (χ0) is 20.6. The maximum atomic E-state index is 12.8. The third-order valence-electron chi connectivity index (χ3n) is 4.22. The third kappa shape index (κ3) is 5.59. The minimum atomic E-state index is -0.551. The summed E-state index contributed by atoms with van der Waals surface area (Å²) in [7, 11) is 0. The Hall–Kier alpha value is -3.80. The monoisotopic (exact) mass is 386 g/mol. The van der Waals surface area contributed by atoms with E-state index in [1.165, 1.54) is 5.56 Å². The van der Waals surface area contributed by atoms with Crippen LogP contribution in [-0.4, -0.2) is 21.8 Å².